The predicted molar refractivity (Wildman–Crippen MR) is 147 cm³/mol. The fourth-order valence-corrected chi connectivity index (χ4v) is 7.41. The highest BCUT2D eigenvalue weighted by Crippen LogP contribution is 2.55. The highest BCUT2D eigenvalue weighted by molar-refractivity contribution is 7.09. The van der Waals surface area contributed by atoms with Crippen molar-refractivity contribution in [2.45, 2.75) is 82.2 Å². The summed E-state index contributed by atoms with van der Waals surface area (Å²) in [5, 5.41) is 8.22. The van der Waals surface area contributed by atoms with Crippen molar-refractivity contribution in [1.82, 2.24) is 10.2 Å². The molecule has 2 aromatic rings. The zero-order valence-electron chi connectivity index (χ0n) is 21.9. The van der Waals surface area contributed by atoms with Crippen LogP contribution in [0.5, 0.6) is 0 Å². The third-order valence-corrected chi connectivity index (χ3v) is 9.49. The van der Waals surface area contributed by atoms with Crippen LogP contribution in [0.3, 0.4) is 0 Å². The fraction of sp³-hybridized carbons (Fsp3) is 0.500. The van der Waals surface area contributed by atoms with E-state index in [-0.39, 0.29) is 23.8 Å². The van der Waals surface area contributed by atoms with Gasteiger partial charge < -0.3 is 20.3 Å². The molecule has 1 aliphatic carbocycles. The number of rotatable bonds is 7. The average Bonchev–Trinajstić information content (AvgIpc) is 3.68. The third-order valence-electron chi connectivity index (χ3n) is 8.63. The quantitative estimate of drug-likeness (QED) is 0.509. The number of anilines is 1. The van der Waals surface area contributed by atoms with Gasteiger partial charge in [-0.25, -0.2) is 0 Å². The Labute approximate surface area is 227 Å². The first-order valence-electron chi connectivity index (χ1n) is 13.8. The monoisotopic (exact) mass is 533 g/mol. The Morgan fingerprint density at radius 3 is 2.55 bits per heavy atom. The van der Waals surface area contributed by atoms with Crippen LogP contribution in [-0.4, -0.2) is 46.4 Å². The number of nitrogens with zero attached hydrogens (tertiary/aromatic N) is 1. The van der Waals surface area contributed by atoms with E-state index < -0.39 is 29.6 Å². The van der Waals surface area contributed by atoms with Crippen molar-refractivity contribution >= 4 is 34.7 Å². The van der Waals surface area contributed by atoms with Gasteiger partial charge in [-0.2, -0.15) is 0 Å². The largest absolute Gasteiger partial charge is 0.359 e. The van der Waals surface area contributed by atoms with Gasteiger partial charge in [0.25, 0.3) is 0 Å². The summed E-state index contributed by atoms with van der Waals surface area (Å²) < 4.78 is 6.46. The molecule has 0 radical (unpaired) electrons. The standard InChI is InChI=1S/C30H35N3O4S/c1-18(2)19-10-12-21(13-11-19)31-27(34)24-23-14-15-30(37-23)25(24)29(36)33(17-22-9-6-16-38-22)26(30)28(35)32-20-7-4-3-5-8-20/h6,9-16,18,20,23-26H,3-5,7-8,17H2,1-2H3,(H,31,34)(H,32,35). The highest BCUT2D eigenvalue weighted by Gasteiger charge is 2.72. The van der Waals surface area contributed by atoms with Crippen molar-refractivity contribution in [3.63, 3.8) is 0 Å². The predicted octanol–water partition coefficient (Wildman–Crippen LogP) is 4.61. The number of benzene rings is 1. The Bertz CT molecular complexity index is 1230. The van der Waals surface area contributed by atoms with E-state index in [9.17, 15) is 14.4 Å². The normalized spacial score (nSPS) is 30.2. The van der Waals surface area contributed by atoms with E-state index in [0.717, 1.165) is 30.6 Å². The molecule has 1 spiro atoms. The number of nitrogens with one attached hydrogen (secondary N) is 2. The second kappa shape index (κ2) is 9.97. The lowest BCUT2D eigenvalue weighted by Gasteiger charge is -2.34. The maximum atomic E-state index is 14.0. The van der Waals surface area contributed by atoms with E-state index in [1.165, 1.54) is 12.0 Å². The molecule has 38 heavy (non-hydrogen) atoms. The van der Waals surface area contributed by atoms with Crippen molar-refractivity contribution in [2.24, 2.45) is 11.8 Å². The van der Waals surface area contributed by atoms with Crippen molar-refractivity contribution in [3.8, 4) is 0 Å². The summed E-state index contributed by atoms with van der Waals surface area (Å²) in [6.07, 6.45) is 8.50. The smallest absolute Gasteiger partial charge is 0.246 e. The van der Waals surface area contributed by atoms with Gasteiger partial charge in [0.05, 0.1) is 24.5 Å². The molecule has 7 nitrogen and oxygen atoms in total. The number of thiophene rings is 1. The third kappa shape index (κ3) is 4.28. The summed E-state index contributed by atoms with van der Waals surface area (Å²) >= 11 is 1.55. The van der Waals surface area contributed by atoms with E-state index in [4.69, 9.17) is 4.74 Å². The van der Waals surface area contributed by atoms with Crippen LogP contribution in [-0.2, 0) is 25.7 Å². The number of fused-ring (bicyclic) bond motifs is 1. The van der Waals surface area contributed by atoms with E-state index >= 15 is 0 Å². The molecule has 3 fully saturated rings. The van der Waals surface area contributed by atoms with Crippen LogP contribution in [0.15, 0.2) is 53.9 Å². The Kier molecular flexibility index (Phi) is 6.64. The second-order valence-corrected chi connectivity index (χ2v) is 12.4. The minimum atomic E-state index is -1.14. The lowest BCUT2D eigenvalue weighted by molar-refractivity contribution is -0.142. The van der Waals surface area contributed by atoms with E-state index in [0.29, 0.717) is 18.2 Å². The minimum Gasteiger partial charge on any atom is -0.359 e. The summed E-state index contributed by atoms with van der Waals surface area (Å²) in [4.78, 5) is 44.2. The number of carbonyl (C=O) groups excluding carboxylic acids is 3. The van der Waals surface area contributed by atoms with Gasteiger partial charge in [0.1, 0.15) is 11.6 Å². The van der Waals surface area contributed by atoms with Crippen molar-refractivity contribution in [3.05, 3.63) is 64.4 Å². The van der Waals surface area contributed by atoms with Gasteiger partial charge >= 0.3 is 0 Å². The first-order valence-corrected chi connectivity index (χ1v) is 14.7. The summed E-state index contributed by atoms with van der Waals surface area (Å²) in [5.74, 6) is -1.67. The lowest BCUT2D eigenvalue weighted by atomic mass is 9.74. The molecule has 2 bridgehead atoms. The molecule has 1 aromatic carbocycles. The Morgan fingerprint density at radius 2 is 1.87 bits per heavy atom. The van der Waals surface area contributed by atoms with Gasteiger partial charge in [0.2, 0.25) is 17.7 Å². The molecule has 5 atom stereocenters. The summed E-state index contributed by atoms with van der Waals surface area (Å²) in [6, 6.07) is 11.0. The Hall–Kier alpha value is -2.97. The molecule has 3 amide bonds. The molecule has 8 heteroatoms. The molecule has 5 unspecified atom stereocenters. The molecule has 1 aromatic heterocycles. The molecule has 1 saturated carbocycles. The molecule has 2 N–H and O–H groups in total. The van der Waals surface area contributed by atoms with Crippen LogP contribution < -0.4 is 10.6 Å². The van der Waals surface area contributed by atoms with Crippen LogP contribution in [0, 0.1) is 11.8 Å². The van der Waals surface area contributed by atoms with Gasteiger partial charge in [0, 0.05) is 16.6 Å². The summed E-state index contributed by atoms with van der Waals surface area (Å²) in [7, 11) is 0. The molecular formula is C30H35N3O4S. The van der Waals surface area contributed by atoms with Crippen LogP contribution in [0.2, 0.25) is 0 Å². The number of hydrogen-bond acceptors (Lipinski definition) is 5. The summed E-state index contributed by atoms with van der Waals surface area (Å²) in [5.41, 5.74) is 0.740. The van der Waals surface area contributed by atoms with Crippen molar-refractivity contribution < 1.29 is 19.1 Å². The average molecular weight is 534 g/mol. The summed E-state index contributed by atoms with van der Waals surface area (Å²) in [6.45, 7) is 4.57. The zero-order valence-corrected chi connectivity index (χ0v) is 22.7. The molecule has 4 aliphatic rings. The highest BCUT2D eigenvalue weighted by atomic mass is 32.1. The number of likely N-dealkylation sites (tertiary alicyclic amines) is 1. The van der Waals surface area contributed by atoms with Gasteiger partial charge in [0.15, 0.2) is 0 Å². The second-order valence-electron chi connectivity index (χ2n) is 11.4. The first kappa shape index (κ1) is 25.3. The molecule has 4 heterocycles. The van der Waals surface area contributed by atoms with Gasteiger partial charge in [-0.15, -0.1) is 11.3 Å². The number of amides is 3. The van der Waals surface area contributed by atoms with Crippen LogP contribution in [0.4, 0.5) is 5.69 Å². The topological polar surface area (TPSA) is 87.7 Å². The lowest BCUT2D eigenvalue weighted by Crippen LogP contribution is -2.56. The van der Waals surface area contributed by atoms with Crippen LogP contribution in [0.1, 0.15) is 62.3 Å². The van der Waals surface area contributed by atoms with E-state index in [1.807, 2.05) is 53.9 Å². The van der Waals surface area contributed by atoms with Crippen LogP contribution in [0.25, 0.3) is 0 Å². The maximum Gasteiger partial charge on any atom is 0.246 e. The van der Waals surface area contributed by atoms with Gasteiger partial charge in [-0.05, 0) is 47.9 Å². The Balaban J connectivity index is 1.28. The van der Waals surface area contributed by atoms with Gasteiger partial charge in [-0.1, -0.05) is 63.5 Å². The molecular weight excluding hydrogens is 498 g/mol. The Morgan fingerprint density at radius 1 is 1.11 bits per heavy atom. The van der Waals surface area contributed by atoms with Crippen molar-refractivity contribution in [2.75, 3.05) is 5.32 Å². The van der Waals surface area contributed by atoms with E-state index in [1.54, 1.807) is 16.2 Å². The van der Waals surface area contributed by atoms with Gasteiger partial charge in [-0.3, -0.25) is 14.4 Å². The van der Waals surface area contributed by atoms with Crippen molar-refractivity contribution in [1.29, 1.82) is 0 Å². The molecule has 6 rings (SSSR count). The zero-order chi connectivity index (χ0) is 26.4. The van der Waals surface area contributed by atoms with E-state index in [2.05, 4.69) is 24.5 Å². The fourth-order valence-electron chi connectivity index (χ4n) is 6.71. The molecule has 2 saturated heterocycles. The minimum absolute atomic E-state index is 0.112. The van der Waals surface area contributed by atoms with Crippen LogP contribution >= 0.6 is 11.3 Å². The molecule has 200 valence electrons. The SMILES string of the molecule is CC(C)c1ccc(NC(=O)C2C3C=CC4(O3)C2C(=O)N(Cc2cccs2)C4C(=O)NC2CCCCC2)cc1. The number of hydrogen-bond donors (Lipinski definition) is 2. The number of ether oxygens (including phenoxy) is 1. The first-order chi connectivity index (χ1) is 18.4. The molecule has 3 aliphatic heterocycles. The number of carbonyl (C=O) groups is 3. The maximum absolute atomic E-state index is 14.0.